The predicted molar refractivity (Wildman–Crippen MR) is 45.2 cm³/mol. The number of ketones is 1. The van der Waals surface area contributed by atoms with E-state index in [1.165, 1.54) is 6.07 Å². The lowest BCUT2D eigenvalue weighted by Crippen LogP contribution is -2.26. The average Bonchev–Trinajstić information content (AvgIpc) is 2.02. The number of carbonyl (C=O) groups excluding carboxylic acids is 1. The number of rotatable bonds is 0. The average molecular weight is 198 g/mol. The lowest BCUT2D eigenvalue weighted by atomic mass is 10.1. The topological polar surface area (TPSA) is 60.4 Å². The molecule has 0 saturated carbocycles. The van der Waals surface area contributed by atoms with E-state index in [1.54, 1.807) is 18.2 Å². The molecule has 1 aliphatic heterocycles. The molecule has 1 aromatic carbocycles. The quantitative estimate of drug-likeness (QED) is 0.572. The van der Waals surface area contributed by atoms with Crippen molar-refractivity contribution in [1.29, 1.82) is 0 Å². The summed E-state index contributed by atoms with van der Waals surface area (Å²) in [6.45, 7) is 0. The number of carbonyl (C=O) groups is 1. The zero-order chi connectivity index (χ0) is 9.47. The van der Waals surface area contributed by atoms with Gasteiger partial charge in [0, 0.05) is 0 Å². The minimum Gasteiger partial charge on any atom is -0.381 e. The number of benzene rings is 1. The van der Waals surface area contributed by atoms with Crippen LogP contribution in [0.5, 0.6) is 5.75 Å². The smallest absolute Gasteiger partial charge is 0.316 e. The van der Waals surface area contributed by atoms with Gasteiger partial charge in [-0.3, -0.25) is 4.79 Å². The van der Waals surface area contributed by atoms with Crippen LogP contribution in [0.4, 0.5) is 0 Å². The molecule has 0 fully saturated rings. The van der Waals surface area contributed by atoms with Crippen molar-refractivity contribution in [3.8, 4) is 5.75 Å². The summed E-state index contributed by atoms with van der Waals surface area (Å²) < 4.78 is 26.6. The molecule has 0 N–H and O–H groups in total. The first-order valence-corrected chi connectivity index (χ1v) is 5.21. The summed E-state index contributed by atoms with van der Waals surface area (Å²) in [5, 5.41) is 0. The summed E-state index contributed by atoms with van der Waals surface area (Å²) in [6, 6.07) is 6.29. The summed E-state index contributed by atoms with van der Waals surface area (Å²) in [5.41, 5.74) is 0.331. The molecular formula is C8H6O4S. The van der Waals surface area contributed by atoms with E-state index in [2.05, 4.69) is 4.18 Å². The second-order valence-corrected chi connectivity index (χ2v) is 4.28. The van der Waals surface area contributed by atoms with Crippen molar-refractivity contribution >= 4 is 15.9 Å². The molecule has 4 nitrogen and oxygen atoms in total. The molecule has 0 aromatic heterocycles. The van der Waals surface area contributed by atoms with E-state index in [9.17, 15) is 13.2 Å². The Balaban J connectivity index is 2.61. The van der Waals surface area contributed by atoms with Crippen LogP contribution >= 0.6 is 0 Å². The third kappa shape index (κ3) is 1.42. The highest BCUT2D eigenvalue weighted by molar-refractivity contribution is 7.88. The molecule has 0 atom stereocenters. The number of para-hydroxylation sites is 1. The number of hydrogen-bond acceptors (Lipinski definition) is 4. The van der Waals surface area contributed by atoms with Crippen LogP contribution in [0, 0.1) is 0 Å². The lowest BCUT2D eigenvalue weighted by molar-refractivity contribution is 0.101. The molecule has 1 heterocycles. The third-order valence-electron chi connectivity index (χ3n) is 1.71. The van der Waals surface area contributed by atoms with Crippen molar-refractivity contribution in [2.24, 2.45) is 0 Å². The molecule has 0 bridgehead atoms. The summed E-state index contributed by atoms with van der Waals surface area (Å²) in [5.74, 6) is -0.857. The Morgan fingerprint density at radius 2 is 1.92 bits per heavy atom. The van der Waals surface area contributed by atoms with Crippen LogP contribution in [-0.2, 0) is 10.1 Å². The van der Waals surface area contributed by atoms with E-state index in [4.69, 9.17) is 0 Å². The molecule has 0 radical (unpaired) electrons. The molecule has 1 aliphatic rings. The van der Waals surface area contributed by atoms with E-state index >= 15 is 0 Å². The van der Waals surface area contributed by atoms with Gasteiger partial charge in [0.05, 0.1) is 5.56 Å². The van der Waals surface area contributed by atoms with Gasteiger partial charge in [0.1, 0.15) is 5.75 Å². The fourth-order valence-electron chi connectivity index (χ4n) is 1.17. The molecule has 1 aromatic rings. The molecule has 13 heavy (non-hydrogen) atoms. The minimum absolute atomic E-state index is 0.124. The normalized spacial score (nSPS) is 18.9. The first-order chi connectivity index (χ1) is 6.08. The Bertz CT molecular complexity index is 461. The predicted octanol–water partition coefficient (Wildman–Crippen LogP) is 0.592. The van der Waals surface area contributed by atoms with Crippen LogP contribution in [-0.4, -0.2) is 20.0 Å². The molecule has 0 aliphatic carbocycles. The van der Waals surface area contributed by atoms with Crippen molar-refractivity contribution in [3.05, 3.63) is 29.8 Å². The Labute approximate surface area is 75.3 Å². The monoisotopic (exact) mass is 198 g/mol. The maximum atomic E-state index is 11.2. The van der Waals surface area contributed by atoms with Crippen LogP contribution in [0.3, 0.4) is 0 Å². The van der Waals surface area contributed by atoms with Crippen LogP contribution < -0.4 is 4.18 Å². The van der Waals surface area contributed by atoms with Gasteiger partial charge in [-0.25, -0.2) is 0 Å². The lowest BCUT2D eigenvalue weighted by Gasteiger charge is -2.14. The highest BCUT2D eigenvalue weighted by atomic mass is 32.2. The molecule has 5 heteroatoms. The van der Waals surface area contributed by atoms with Gasteiger partial charge in [-0.1, -0.05) is 12.1 Å². The zero-order valence-corrected chi connectivity index (χ0v) is 7.37. The first kappa shape index (κ1) is 8.25. The Morgan fingerprint density at radius 3 is 2.69 bits per heavy atom. The van der Waals surface area contributed by atoms with Crippen LogP contribution in [0.25, 0.3) is 0 Å². The van der Waals surface area contributed by atoms with Gasteiger partial charge in [-0.15, -0.1) is 0 Å². The van der Waals surface area contributed by atoms with Crippen molar-refractivity contribution in [1.82, 2.24) is 0 Å². The molecule has 0 amide bonds. The largest absolute Gasteiger partial charge is 0.381 e. The Hall–Kier alpha value is -1.36. The second-order valence-electron chi connectivity index (χ2n) is 2.70. The van der Waals surface area contributed by atoms with E-state index in [-0.39, 0.29) is 5.75 Å². The zero-order valence-electron chi connectivity index (χ0n) is 6.56. The van der Waals surface area contributed by atoms with Gasteiger partial charge < -0.3 is 4.18 Å². The standard InChI is InChI=1S/C8H6O4S/c9-7-5-13(10,11)12-8-4-2-1-3-6(7)8/h1-4H,5H2. The summed E-state index contributed by atoms with van der Waals surface area (Å²) in [6.07, 6.45) is 0. The van der Waals surface area contributed by atoms with E-state index in [0.29, 0.717) is 5.56 Å². The van der Waals surface area contributed by atoms with Crippen molar-refractivity contribution in [2.75, 3.05) is 5.75 Å². The van der Waals surface area contributed by atoms with Gasteiger partial charge >= 0.3 is 10.1 Å². The Kier molecular flexibility index (Phi) is 1.63. The van der Waals surface area contributed by atoms with Gasteiger partial charge in [0.25, 0.3) is 0 Å². The molecular weight excluding hydrogens is 192 g/mol. The highest BCUT2D eigenvalue weighted by Gasteiger charge is 2.28. The van der Waals surface area contributed by atoms with Crippen LogP contribution in [0.15, 0.2) is 24.3 Å². The second kappa shape index (κ2) is 2.56. The summed E-state index contributed by atoms with van der Waals surface area (Å²) in [7, 11) is -3.69. The van der Waals surface area contributed by atoms with Crippen molar-refractivity contribution in [2.45, 2.75) is 0 Å². The Morgan fingerprint density at radius 1 is 1.23 bits per heavy atom. The molecule has 2 rings (SSSR count). The molecule has 0 saturated heterocycles. The maximum absolute atomic E-state index is 11.2. The number of hydrogen-bond donors (Lipinski definition) is 0. The van der Waals surface area contributed by atoms with E-state index < -0.39 is 21.7 Å². The number of fused-ring (bicyclic) bond motifs is 1. The van der Waals surface area contributed by atoms with Crippen LogP contribution in [0.2, 0.25) is 0 Å². The van der Waals surface area contributed by atoms with Gasteiger partial charge in [0.2, 0.25) is 0 Å². The SMILES string of the molecule is O=C1CS(=O)(=O)Oc2ccccc21. The summed E-state index contributed by atoms with van der Waals surface area (Å²) in [4.78, 5) is 11.2. The van der Waals surface area contributed by atoms with Crippen molar-refractivity contribution < 1.29 is 17.4 Å². The van der Waals surface area contributed by atoms with Gasteiger partial charge in [-0.2, -0.15) is 8.42 Å². The molecule has 0 spiro atoms. The van der Waals surface area contributed by atoms with E-state index in [1.807, 2.05) is 0 Å². The minimum atomic E-state index is -3.69. The van der Waals surface area contributed by atoms with Gasteiger partial charge in [-0.05, 0) is 12.1 Å². The van der Waals surface area contributed by atoms with Gasteiger partial charge in [0.15, 0.2) is 11.5 Å². The third-order valence-corrected chi connectivity index (χ3v) is 2.76. The highest BCUT2D eigenvalue weighted by Crippen LogP contribution is 2.25. The van der Waals surface area contributed by atoms with Crippen molar-refractivity contribution in [3.63, 3.8) is 0 Å². The first-order valence-electron chi connectivity index (χ1n) is 3.63. The fraction of sp³-hybridized carbons (Fsp3) is 0.125. The maximum Gasteiger partial charge on any atom is 0.316 e. The summed E-state index contributed by atoms with van der Waals surface area (Å²) >= 11 is 0. The number of Topliss-reactive ketones (excluding diaryl/α,β-unsaturated/α-hetero) is 1. The fourth-order valence-corrected chi connectivity index (χ4v) is 2.13. The molecule has 68 valence electrons. The molecule has 0 unspecified atom stereocenters. The van der Waals surface area contributed by atoms with E-state index in [0.717, 1.165) is 0 Å². The van der Waals surface area contributed by atoms with Crippen LogP contribution in [0.1, 0.15) is 10.4 Å².